The van der Waals surface area contributed by atoms with Crippen LogP contribution in [0.25, 0.3) is 22.3 Å². The van der Waals surface area contributed by atoms with Gasteiger partial charge in [-0.15, -0.1) is 0 Å². The fourth-order valence-corrected chi connectivity index (χ4v) is 3.76. The van der Waals surface area contributed by atoms with Crippen LogP contribution in [0.2, 0.25) is 0 Å². The largest absolute Gasteiger partial charge is 0.423 e. The first-order valence-electron chi connectivity index (χ1n) is 12.0. The van der Waals surface area contributed by atoms with Gasteiger partial charge in [-0.25, -0.2) is 14.0 Å². The molecular formula is C31H31FO6. The minimum absolute atomic E-state index is 0.105. The molecular weight excluding hydrogens is 487 g/mol. The summed E-state index contributed by atoms with van der Waals surface area (Å²) in [6.45, 7) is 13.2. The van der Waals surface area contributed by atoms with E-state index < -0.39 is 17.8 Å². The average molecular weight is 519 g/mol. The van der Waals surface area contributed by atoms with Gasteiger partial charge in [-0.2, -0.15) is 0 Å². The van der Waals surface area contributed by atoms with Gasteiger partial charge < -0.3 is 18.9 Å². The van der Waals surface area contributed by atoms with Crippen LogP contribution in [0.15, 0.2) is 78.9 Å². The van der Waals surface area contributed by atoms with Crippen LogP contribution in [0, 0.1) is 5.82 Å². The van der Waals surface area contributed by atoms with E-state index in [4.69, 9.17) is 18.9 Å². The maximum Gasteiger partial charge on any atom is 0.338 e. The molecule has 0 aliphatic carbocycles. The van der Waals surface area contributed by atoms with Crippen molar-refractivity contribution in [2.45, 2.75) is 34.0 Å². The molecule has 38 heavy (non-hydrogen) atoms. The third-order valence-electron chi connectivity index (χ3n) is 5.58. The van der Waals surface area contributed by atoms with E-state index in [2.05, 4.69) is 13.2 Å². The zero-order valence-electron chi connectivity index (χ0n) is 22.1. The zero-order valence-corrected chi connectivity index (χ0v) is 22.1. The summed E-state index contributed by atoms with van der Waals surface area (Å²) < 4.78 is 36.6. The van der Waals surface area contributed by atoms with Crippen LogP contribution in [-0.4, -0.2) is 25.7 Å². The predicted molar refractivity (Wildman–Crippen MR) is 144 cm³/mol. The molecule has 0 saturated heterocycles. The van der Waals surface area contributed by atoms with Crippen molar-refractivity contribution in [1.29, 1.82) is 0 Å². The summed E-state index contributed by atoms with van der Waals surface area (Å²) in [6.07, 6.45) is 0. The molecule has 0 aliphatic heterocycles. The van der Waals surface area contributed by atoms with Crippen molar-refractivity contribution in [3.05, 3.63) is 95.8 Å². The Morgan fingerprint density at radius 2 is 1.34 bits per heavy atom. The normalized spacial score (nSPS) is 10.7. The summed E-state index contributed by atoms with van der Waals surface area (Å²) in [5, 5.41) is 0. The van der Waals surface area contributed by atoms with E-state index >= 15 is 0 Å². The number of carbonyl (C=O) groups excluding carboxylic acids is 2. The standard InChI is InChI=1S/C31H31FO6/c1-7-36-18-24-15-26(38-31(34)20(4)5)14-23(17-35-6)29(24)22-10-8-21(9-11-22)27-13-12-25(16-28(27)32)37-30(33)19(2)3/h8-16H,2,4,7,17-18H2,1,3,5-6H3. The van der Waals surface area contributed by atoms with Gasteiger partial charge in [-0.3, -0.25) is 0 Å². The van der Waals surface area contributed by atoms with Gasteiger partial charge >= 0.3 is 11.9 Å². The highest BCUT2D eigenvalue weighted by molar-refractivity contribution is 5.89. The lowest BCUT2D eigenvalue weighted by Gasteiger charge is -2.18. The number of benzene rings is 3. The number of esters is 2. The van der Waals surface area contributed by atoms with Crippen LogP contribution >= 0.6 is 0 Å². The topological polar surface area (TPSA) is 71.1 Å². The monoisotopic (exact) mass is 518 g/mol. The predicted octanol–water partition coefficient (Wildman–Crippen LogP) is 6.81. The third-order valence-corrected chi connectivity index (χ3v) is 5.58. The van der Waals surface area contributed by atoms with Crippen molar-refractivity contribution in [2.75, 3.05) is 13.7 Å². The van der Waals surface area contributed by atoms with Crippen LogP contribution in [0.5, 0.6) is 11.5 Å². The minimum Gasteiger partial charge on any atom is -0.423 e. The van der Waals surface area contributed by atoms with Gasteiger partial charge in [0.1, 0.15) is 17.3 Å². The number of rotatable bonds is 11. The van der Waals surface area contributed by atoms with E-state index in [1.54, 1.807) is 32.2 Å². The first-order chi connectivity index (χ1) is 18.1. The molecule has 0 atom stereocenters. The van der Waals surface area contributed by atoms with Crippen LogP contribution in [0.3, 0.4) is 0 Å². The molecule has 0 heterocycles. The van der Waals surface area contributed by atoms with E-state index in [9.17, 15) is 14.0 Å². The molecule has 0 spiro atoms. The molecule has 0 bridgehead atoms. The Hall–Kier alpha value is -4.07. The number of hydrogen-bond donors (Lipinski definition) is 0. The van der Waals surface area contributed by atoms with Crippen molar-refractivity contribution >= 4 is 11.9 Å². The number of hydrogen-bond acceptors (Lipinski definition) is 6. The molecule has 0 radical (unpaired) electrons. The SMILES string of the molecule is C=C(C)C(=O)Oc1ccc(-c2ccc(-c3c(COC)cc(OC(=O)C(=C)C)cc3COCC)cc2)c(F)c1. The van der Waals surface area contributed by atoms with Crippen LogP contribution in [0.4, 0.5) is 4.39 Å². The van der Waals surface area contributed by atoms with Crippen LogP contribution in [-0.2, 0) is 32.3 Å². The van der Waals surface area contributed by atoms with Gasteiger partial charge in [0.25, 0.3) is 0 Å². The second kappa shape index (κ2) is 12.9. The molecule has 0 saturated carbocycles. The Kier molecular flexibility index (Phi) is 9.71. The first-order valence-corrected chi connectivity index (χ1v) is 12.0. The third kappa shape index (κ3) is 7.03. The number of methoxy groups -OCH3 is 1. The second-order valence-electron chi connectivity index (χ2n) is 8.75. The Labute approximate surface area is 222 Å². The molecule has 6 nitrogen and oxygen atoms in total. The Morgan fingerprint density at radius 1 is 0.789 bits per heavy atom. The Morgan fingerprint density at radius 3 is 1.87 bits per heavy atom. The highest BCUT2D eigenvalue weighted by atomic mass is 19.1. The van der Waals surface area contributed by atoms with Gasteiger partial charge in [0.2, 0.25) is 0 Å². The summed E-state index contributed by atoms with van der Waals surface area (Å²) in [6, 6.07) is 15.2. The van der Waals surface area contributed by atoms with E-state index in [0.717, 1.165) is 22.3 Å². The van der Waals surface area contributed by atoms with Gasteiger partial charge in [0, 0.05) is 36.5 Å². The van der Waals surface area contributed by atoms with Gasteiger partial charge in [-0.05, 0) is 72.9 Å². The zero-order chi connectivity index (χ0) is 27.8. The molecule has 3 aromatic rings. The van der Waals surface area contributed by atoms with E-state index in [0.29, 0.717) is 35.7 Å². The number of carbonyl (C=O) groups is 2. The second-order valence-corrected chi connectivity index (χ2v) is 8.75. The molecule has 198 valence electrons. The van der Waals surface area contributed by atoms with Gasteiger partial charge in [-0.1, -0.05) is 37.4 Å². The highest BCUT2D eigenvalue weighted by Gasteiger charge is 2.17. The fraction of sp³-hybridized carbons (Fsp3) is 0.226. The fourth-order valence-electron chi connectivity index (χ4n) is 3.76. The molecule has 7 heteroatoms. The molecule has 0 N–H and O–H groups in total. The average Bonchev–Trinajstić information content (AvgIpc) is 2.87. The number of ether oxygens (including phenoxy) is 4. The Bertz CT molecular complexity index is 1360. The van der Waals surface area contributed by atoms with Crippen molar-refractivity contribution in [3.63, 3.8) is 0 Å². The summed E-state index contributed by atoms with van der Waals surface area (Å²) in [4.78, 5) is 23.9. The molecule has 0 unspecified atom stereocenters. The number of halogens is 1. The lowest BCUT2D eigenvalue weighted by Crippen LogP contribution is -2.10. The molecule has 0 aromatic heterocycles. The molecule has 0 aliphatic rings. The summed E-state index contributed by atoms with van der Waals surface area (Å²) in [7, 11) is 1.59. The summed E-state index contributed by atoms with van der Waals surface area (Å²) in [5.41, 5.74) is 4.88. The summed E-state index contributed by atoms with van der Waals surface area (Å²) in [5.74, 6) is -1.18. The first kappa shape index (κ1) is 28.5. The minimum atomic E-state index is -0.614. The van der Waals surface area contributed by atoms with Gasteiger partial charge in [0.15, 0.2) is 0 Å². The lowest BCUT2D eigenvalue weighted by atomic mass is 9.92. The van der Waals surface area contributed by atoms with Crippen molar-refractivity contribution in [2.24, 2.45) is 0 Å². The molecule has 0 fully saturated rings. The maximum absolute atomic E-state index is 14.9. The molecule has 3 aromatic carbocycles. The lowest BCUT2D eigenvalue weighted by molar-refractivity contribution is -0.130. The highest BCUT2D eigenvalue weighted by Crippen LogP contribution is 2.35. The van der Waals surface area contributed by atoms with Crippen LogP contribution < -0.4 is 9.47 Å². The van der Waals surface area contributed by atoms with Crippen molar-refractivity contribution in [3.8, 4) is 33.8 Å². The van der Waals surface area contributed by atoms with Gasteiger partial charge in [0.05, 0.1) is 13.2 Å². The Balaban J connectivity index is 1.99. The smallest absolute Gasteiger partial charge is 0.338 e. The summed E-state index contributed by atoms with van der Waals surface area (Å²) >= 11 is 0. The van der Waals surface area contributed by atoms with E-state index in [-0.39, 0.29) is 17.9 Å². The van der Waals surface area contributed by atoms with Crippen LogP contribution in [0.1, 0.15) is 31.9 Å². The van der Waals surface area contributed by atoms with E-state index in [1.807, 2.05) is 31.2 Å². The maximum atomic E-state index is 14.9. The van der Waals surface area contributed by atoms with Crippen molar-refractivity contribution < 1.29 is 32.9 Å². The molecule has 0 amide bonds. The van der Waals surface area contributed by atoms with E-state index in [1.165, 1.54) is 19.1 Å². The quantitative estimate of drug-likeness (QED) is 0.158. The van der Waals surface area contributed by atoms with Crippen molar-refractivity contribution in [1.82, 2.24) is 0 Å². The molecule has 3 rings (SSSR count).